The fraction of sp³-hybridized carbons (Fsp3) is 0.222. The fourth-order valence-electron chi connectivity index (χ4n) is 0.974. The Balaban J connectivity index is 2.79. The van der Waals surface area contributed by atoms with Crippen molar-refractivity contribution in [3.05, 3.63) is 23.8 Å². The molecule has 0 aliphatic heterocycles. The Morgan fingerprint density at radius 2 is 2.23 bits per heavy atom. The van der Waals surface area contributed by atoms with E-state index in [9.17, 15) is 4.79 Å². The first kappa shape index (κ1) is 10.6. The first-order valence-electron chi connectivity index (χ1n) is 3.78. The maximum Gasteiger partial charge on any atom is 0.147 e. The third-order valence-electron chi connectivity index (χ3n) is 1.65. The highest BCUT2D eigenvalue weighted by Crippen LogP contribution is 2.18. The fourth-order valence-corrected chi connectivity index (χ4v) is 1.41. The zero-order valence-electron chi connectivity index (χ0n) is 6.96. The molecule has 1 rings (SSSR count). The predicted molar refractivity (Wildman–Crippen MR) is 60.6 cm³/mol. The van der Waals surface area contributed by atoms with E-state index in [2.05, 4.69) is 28.6 Å². The van der Waals surface area contributed by atoms with E-state index in [-0.39, 0.29) is 5.78 Å². The molecule has 70 valence electrons. The summed E-state index contributed by atoms with van der Waals surface area (Å²) in [5.74, 6) is 0.150. The van der Waals surface area contributed by atoms with Crippen molar-refractivity contribution in [2.24, 2.45) is 0 Å². The molecule has 0 fully saturated rings. The van der Waals surface area contributed by atoms with Gasteiger partial charge in [-0.2, -0.15) is 0 Å². The minimum atomic E-state index is 0.150. The number of alkyl halides is 1. The minimum absolute atomic E-state index is 0.150. The van der Waals surface area contributed by atoms with E-state index >= 15 is 0 Å². The number of hydrogen-bond acceptors (Lipinski definition) is 3. The lowest BCUT2D eigenvalue weighted by Crippen LogP contribution is -2.03. The van der Waals surface area contributed by atoms with Crippen molar-refractivity contribution in [2.75, 3.05) is 11.1 Å². The summed E-state index contributed by atoms with van der Waals surface area (Å²) in [5.41, 5.74) is 7.17. The van der Waals surface area contributed by atoms with Crippen LogP contribution < -0.4 is 5.73 Å². The number of Topliss-reactive ketones (excluding diaryl/α,β-unsaturated/α-hetero) is 1. The van der Waals surface area contributed by atoms with Gasteiger partial charge >= 0.3 is 0 Å². The smallest absolute Gasteiger partial charge is 0.147 e. The number of thiol groups is 1. The minimum Gasteiger partial charge on any atom is -0.398 e. The van der Waals surface area contributed by atoms with Crippen LogP contribution in [0, 0.1) is 0 Å². The molecule has 4 heteroatoms. The molecule has 0 heterocycles. The molecule has 0 radical (unpaired) electrons. The van der Waals surface area contributed by atoms with E-state index in [1.807, 2.05) is 12.1 Å². The normalized spacial score (nSPS) is 10.0. The average molecular weight is 260 g/mol. The van der Waals surface area contributed by atoms with Crippen LogP contribution in [0.5, 0.6) is 0 Å². The highest BCUT2D eigenvalue weighted by atomic mass is 79.9. The van der Waals surface area contributed by atoms with Crippen LogP contribution in [-0.2, 0) is 11.2 Å². The quantitative estimate of drug-likeness (QED) is 0.496. The lowest BCUT2D eigenvalue weighted by Gasteiger charge is -2.02. The summed E-state index contributed by atoms with van der Waals surface area (Å²) in [6.07, 6.45) is 0.430. The number of ketones is 1. The summed E-state index contributed by atoms with van der Waals surface area (Å²) in [5, 5.41) is 0.388. The van der Waals surface area contributed by atoms with E-state index in [0.29, 0.717) is 17.4 Å². The molecule has 1 aromatic carbocycles. The van der Waals surface area contributed by atoms with E-state index in [1.54, 1.807) is 6.07 Å². The van der Waals surface area contributed by atoms with Gasteiger partial charge in [0.1, 0.15) is 5.78 Å². The first-order chi connectivity index (χ1) is 6.13. The van der Waals surface area contributed by atoms with Crippen molar-refractivity contribution in [1.29, 1.82) is 0 Å². The second kappa shape index (κ2) is 4.67. The van der Waals surface area contributed by atoms with Crippen molar-refractivity contribution in [3.63, 3.8) is 0 Å². The number of halogens is 1. The van der Waals surface area contributed by atoms with E-state index < -0.39 is 0 Å². The van der Waals surface area contributed by atoms with Crippen LogP contribution in [0.25, 0.3) is 0 Å². The molecule has 0 unspecified atom stereocenters. The highest BCUT2D eigenvalue weighted by Gasteiger charge is 2.02. The summed E-state index contributed by atoms with van der Waals surface area (Å²) >= 11 is 7.28. The Morgan fingerprint density at radius 1 is 1.54 bits per heavy atom. The summed E-state index contributed by atoms with van der Waals surface area (Å²) in [6, 6.07) is 5.42. The number of benzene rings is 1. The molecule has 0 saturated heterocycles. The number of carbonyl (C=O) groups is 1. The van der Waals surface area contributed by atoms with Crippen molar-refractivity contribution in [3.8, 4) is 0 Å². The molecule has 0 aliphatic carbocycles. The number of rotatable bonds is 3. The summed E-state index contributed by atoms with van der Waals surface area (Å²) in [4.78, 5) is 11.8. The van der Waals surface area contributed by atoms with Crippen LogP contribution in [0.3, 0.4) is 0 Å². The molecule has 1 aromatic rings. The lowest BCUT2D eigenvalue weighted by molar-refractivity contribution is -0.115. The van der Waals surface area contributed by atoms with Crippen LogP contribution in [0.15, 0.2) is 23.1 Å². The van der Waals surface area contributed by atoms with Crippen molar-refractivity contribution < 1.29 is 4.79 Å². The maximum atomic E-state index is 11.1. The molecule has 13 heavy (non-hydrogen) atoms. The summed E-state index contributed by atoms with van der Waals surface area (Å²) < 4.78 is 0. The van der Waals surface area contributed by atoms with Crippen molar-refractivity contribution in [1.82, 2.24) is 0 Å². The molecule has 0 amide bonds. The lowest BCUT2D eigenvalue weighted by atomic mass is 10.1. The van der Waals surface area contributed by atoms with Gasteiger partial charge in [0.15, 0.2) is 0 Å². The number of hydrogen-bond donors (Lipinski definition) is 2. The first-order valence-corrected chi connectivity index (χ1v) is 5.35. The van der Waals surface area contributed by atoms with Gasteiger partial charge in [0, 0.05) is 17.0 Å². The number of nitrogen functional groups attached to an aromatic ring is 1. The molecular weight excluding hydrogens is 250 g/mol. The summed E-state index contributed by atoms with van der Waals surface area (Å²) in [6.45, 7) is 0. The molecule has 0 bridgehead atoms. The third kappa shape index (κ3) is 3.04. The van der Waals surface area contributed by atoms with Crippen LogP contribution in [0.1, 0.15) is 5.56 Å². The Bertz CT molecular complexity index is 327. The van der Waals surface area contributed by atoms with Gasteiger partial charge in [-0.25, -0.2) is 0 Å². The van der Waals surface area contributed by atoms with Gasteiger partial charge in [0.05, 0.1) is 5.33 Å². The number of anilines is 1. The van der Waals surface area contributed by atoms with Gasteiger partial charge in [-0.05, 0) is 17.7 Å². The summed E-state index contributed by atoms with van der Waals surface area (Å²) in [7, 11) is 0. The maximum absolute atomic E-state index is 11.1. The third-order valence-corrected chi connectivity index (χ3v) is 2.66. The van der Waals surface area contributed by atoms with Gasteiger partial charge in [-0.1, -0.05) is 22.0 Å². The number of nitrogens with two attached hydrogens (primary N) is 1. The van der Waals surface area contributed by atoms with Gasteiger partial charge < -0.3 is 5.73 Å². The van der Waals surface area contributed by atoms with Crippen LogP contribution >= 0.6 is 28.6 Å². The van der Waals surface area contributed by atoms with Crippen LogP contribution in [-0.4, -0.2) is 11.1 Å². The predicted octanol–water partition coefficient (Wildman–Crippen LogP) is 2.06. The molecule has 0 saturated carbocycles. The number of carbonyl (C=O) groups excluding carboxylic acids is 1. The molecule has 0 spiro atoms. The Kier molecular flexibility index (Phi) is 3.81. The molecule has 0 aliphatic rings. The Labute approximate surface area is 91.1 Å². The van der Waals surface area contributed by atoms with Gasteiger partial charge in [0.25, 0.3) is 0 Å². The van der Waals surface area contributed by atoms with E-state index in [4.69, 9.17) is 5.73 Å². The molecule has 2 nitrogen and oxygen atoms in total. The molecule has 2 N–H and O–H groups in total. The van der Waals surface area contributed by atoms with Gasteiger partial charge in [-0.15, -0.1) is 12.6 Å². The second-order valence-electron chi connectivity index (χ2n) is 2.74. The largest absolute Gasteiger partial charge is 0.398 e. The van der Waals surface area contributed by atoms with Crippen LogP contribution in [0.4, 0.5) is 5.69 Å². The Morgan fingerprint density at radius 3 is 2.77 bits per heavy atom. The van der Waals surface area contributed by atoms with E-state index in [0.717, 1.165) is 10.5 Å². The molecule has 0 atom stereocenters. The Hall–Kier alpha value is -0.480. The van der Waals surface area contributed by atoms with Gasteiger partial charge in [0.2, 0.25) is 0 Å². The molecule has 0 aromatic heterocycles. The topological polar surface area (TPSA) is 43.1 Å². The van der Waals surface area contributed by atoms with Gasteiger partial charge in [-0.3, -0.25) is 4.79 Å². The average Bonchev–Trinajstić information content (AvgIpc) is 2.11. The SMILES string of the molecule is Nc1ccc(CC(=O)CBr)cc1S. The highest BCUT2D eigenvalue weighted by molar-refractivity contribution is 9.09. The van der Waals surface area contributed by atoms with Crippen LogP contribution in [0.2, 0.25) is 0 Å². The van der Waals surface area contributed by atoms with Crippen molar-refractivity contribution in [2.45, 2.75) is 11.3 Å². The van der Waals surface area contributed by atoms with E-state index in [1.165, 1.54) is 0 Å². The zero-order chi connectivity index (χ0) is 9.84. The molecular formula is C9H10BrNOS. The second-order valence-corrected chi connectivity index (χ2v) is 3.78. The standard InChI is InChI=1S/C9H10BrNOS/c10-5-7(12)3-6-1-2-8(11)9(13)4-6/h1-2,4,13H,3,5,11H2. The zero-order valence-corrected chi connectivity index (χ0v) is 9.44. The monoisotopic (exact) mass is 259 g/mol. The van der Waals surface area contributed by atoms with Crippen molar-refractivity contribution >= 4 is 40.0 Å².